The zero-order chi connectivity index (χ0) is 22.2. The number of nitrogens with one attached hydrogen (secondary N) is 2. The van der Waals surface area contributed by atoms with Crippen LogP contribution >= 0.6 is 0 Å². The molecule has 0 radical (unpaired) electrons. The predicted octanol–water partition coefficient (Wildman–Crippen LogP) is 2.63. The van der Waals surface area contributed by atoms with Crippen LogP contribution in [0.1, 0.15) is 39.1 Å². The first-order valence-electron chi connectivity index (χ1n) is 9.34. The summed E-state index contributed by atoms with van der Waals surface area (Å²) in [5, 5.41) is 8.96. The average molecular weight is 498 g/mol. The Hall–Kier alpha value is -2.46. The molecule has 0 amide bonds. The third-order valence-corrected chi connectivity index (χ3v) is 3.75. The van der Waals surface area contributed by atoms with Gasteiger partial charge in [0.1, 0.15) is 0 Å². The number of aliphatic imine (C=N–C) groups is 2. The number of rotatable bonds is 6. The van der Waals surface area contributed by atoms with E-state index in [4.69, 9.17) is 25.3 Å². The van der Waals surface area contributed by atoms with Crippen LogP contribution < -0.4 is 10.9 Å². The number of aromatic nitrogens is 2. The smallest absolute Gasteiger partial charge is 0.741 e. The van der Waals surface area contributed by atoms with Crippen molar-refractivity contribution in [2.45, 2.75) is 27.7 Å². The first-order chi connectivity index (χ1) is 14.5. The van der Waals surface area contributed by atoms with E-state index in [0.717, 1.165) is 22.8 Å². The first-order valence-corrected chi connectivity index (χ1v) is 10.2. The van der Waals surface area contributed by atoms with Crippen LogP contribution in [0.2, 0.25) is 0 Å². The van der Waals surface area contributed by atoms with E-state index in [2.05, 4.69) is 41.0 Å². The third-order valence-electron chi connectivity index (χ3n) is 3.31. The summed E-state index contributed by atoms with van der Waals surface area (Å²) < 4.78 is 0. The Labute approximate surface area is 205 Å². The fourth-order valence-electron chi connectivity index (χ4n) is 1.89. The molecule has 0 aromatic carbocycles. The summed E-state index contributed by atoms with van der Waals surface area (Å²) >= 11 is 9.83. The maximum Gasteiger partial charge on any atom is 2.00 e. The van der Waals surface area contributed by atoms with E-state index in [1.54, 1.807) is 12.4 Å². The molecule has 2 rings (SSSR count). The van der Waals surface area contributed by atoms with Gasteiger partial charge in [0.05, 0.1) is 22.8 Å². The summed E-state index contributed by atoms with van der Waals surface area (Å²) in [5.74, 6) is 0. The van der Waals surface area contributed by atoms with Gasteiger partial charge in [0.15, 0.2) is 0 Å². The standard InChI is InChI=1S/2C10H14N4S.Fe/c2*1-3-11-10(15)14-13-8(2)9-6-4-5-7-12-9;/h2*4-7H,3H2,1-2H3,(H2,11,14,15);/q;;+2/p-2/b2*13-8+;. The number of hydrogen-bond donors (Lipinski definition) is 2. The van der Waals surface area contributed by atoms with Crippen molar-refractivity contribution < 1.29 is 17.1 Å². The van der Waals surface area contributed by atoms with Gasteiger partial charge in [-0.05, 0) is 62.3 Å². The maximum atomic E-state index is 4.92. The van der Waals surface area contributed by atoms with E-state index >= 15 is 0 Å². The van der Waals surface area contributed by atoms with Crippen LogP contribution in [0, 0.1) is 0 Å². The quantitative estimate of drug-likeness (QED) is 0.209. The van der Waals surface area contributed by atoms with E-state index in [1.807, 2.05) is 64.1 Å². The molecule has 2 aromatic heterocycles. The minimum Gasteiger partial charge on any atom is -0.741 e. The SMILES string of the molecule is CCN=C([S-])N/N=C(\C)c1ccccn1.CCN=C([S-])N/N=C(\C)c1ccccn1.[Fe+2]. The largest absolute Gasteiger partial charge is 2.00 e. The van der Waals surface area contributed by atoms with Gasteiger partial charge in [0.25, 0.3) is 0 Å². The van der Waals surface area contributed by atoms with Gasteiger partial charge < -0.3 is 25.3 Å². The van der Waals surface area contributed by atoms with E-state index < -0.39 is 0 Å². The van der Waals surface area contributed by atoms with Crippen molar-refractivity contribution in [2.75, 3.05) is 13.1 Å². The van der Waals surface area contributed by atoms with Gasteiger partial charge in [-0.1, -0.05) is 12.1 Å². The molecule has 2 heterocycles. The number of pyridine rings is 2. The van der Waals surface area contributed by atoms with Crippen LogP contribution in [0.15, 0.2) is 69.0 Å². The molecule has 0 atom stereocenters. The first kappa shape index (κ1) is 28.5. The molecule has 0 aliphatic rings. The third kappa shape index (κ3) is 12.7. The molecule has 11 heteroatoms. The number of amidine groups is 2. The van der Waals surface area contributed by atoms with Crippen LogP contribution in [0.5, 0.6) is 0 Å². The Balaban J connectivity index is 0.000000562. The molecule has 0 unspecified atom stereocenters. The van der Waals surface area contributed by atoms with Gasteiger partial charge in [0.2, 0.25) is 0 Å². The molecular weight excluding hydrogens is 472 g/mol. The summed E-state index contributed by atoms with van der Waals surface area (Å²) in [5.41, 5.74) is 8.60. The van der Waals surface area contributed by atoms with Gasteiger partial charge in [-0.25, -0.2) is 0 Å². The minimum atomic E-state index is 0. The number of nitrogens with zero attached hydrogens (tertiary/aromatic N) is 6. The minimum absolute atomic E-state index is 0. The Kier molecular flexibility index (Phi) is 15.9. The van der Waals surface area contributed by atoms with E-state index in [1.165, 1.54) is 0 Å². The Morgan fingerprint density at radius 3 is 1.45 bits per heavy atom. The Morgan fingerprint density at radius 1 is 0.774 bits per heavy atom. The van der Waals surface area contributed by atoms with Crippen molar-refractivity contribution >= 4 is 47.0 Å². The zero-order valence-corrected chi connectivity index (χ0v) is 20.6. The zero-order valence-electron chi connectivity index (χ0n) is 17.9. The fraction of sp³-hybridized carbons (Fsp3) is 0.300. The van der Waals surface area contributed by atoms with Crippen molar-refractivity contribution in [3.05, 3.63) is 60.2 Å². The van der Waals surface area contributed by atoms with Crippen molar-refractivity contribution in [3.63, 3.8) is 0 Å². The summed E-state index contributed by atoms with van der Waals surface area (Å²) in [6.45, 7) is 8.88. The summed E-state index contributed by atoms with van der Waals surface area (Å²) in [7, 11) is 0. The summed E-state index contributed by atoms with van der Waals surface area (Å²) in [6.07, 6.45) is 3.45. The molecule has 166 valence electrons. The predicted molar refractivity (Wildman–Crippen MR) is 130 cm³/mol. The number of hydrazone groups is 2. The molecule has 0 saturated heterocycles. The average Bonchev–Trinajstić information content (AvgIpc) is 2.78. The van der Waals surface area contributed by atoms with Gasteiger partial charge in [-0.15, -0.1) is 0 Å². The van der Waals surface area contributed by atoms with E-state index in [9.17, 15) is 0 Å². The Morgan fingerprint density at radius 2 is 1.16 bits per heavy atom. The van der Waals surface area contributed by atoms with E-state index in [0.29, 0.717) is 23.4 Å². The normalized spacial score (nSPS) is 12.3. The fourth-order valence-corrected chi connectivity index (χ4v) is 2.24. The topological polar surface area (TPSA) is 99.3 Å². The van der Waals surface area contributed by atoms with E-state index in [-0.39, 0.29) is 17.1 Å². The molecule has 0 saturated carbocycles. The molecular formula is C20H26FeN8S2. The van der Waals surface area contributed by atoms with Crippen molar-refractivity contribution in [3.8, 4) is 0 Å². The van der Waals surface area contributed by atoms with Gasteiger partial charge in [-0.2, -0.15) is 10.2 Å². The number of hydrogen-bond acceptors (Lipinski definition) is 8. The van der Waals surface area contributed by atoms with Crippen molar-refractivity contribution in [2.24, 2.45) is 20.2 Å². The molecule has 8 nitrogen and oxygen atoms in total. The second-order valence-electron chi connectivity index (χ2n) is 5.61. The van der Waals surface area contributed by atoms with Crippen LogP contribution in [0.3, 0.4) is 0 Å². The molecule has 0 bridgehead atoms. The van der Waals surface area contributed by atoms with Gasteiger partial charge in [0, 0.05) is 25.5 Å². The van der Waals surface area contributed by atoms with Crippen LogP contribution in [0.25, 0.3) is 0 Å². The van der Waals surface area contributed by atoms with Crippen LogP contribution in [-0.4, -0.2) is 44.8 Å². The molecule has 0 aliphatic carbocycles. The Bertz CT molecular complexity index is 798. The second kappa shape index (κ2) is 17.2. The van der Waals surface area contributed by atoms with Crippen molar-refractivity contribution in [1.82, 2.24) is 20.8 Å². The van der Waals surface area contributed by atoms with Crippen LogP contribution in [0.4, 0.5) is 0 Å². The monoisotopic (exact) mass is 498 g/mol. The molecule has 2 N–H and O–H groups in total. The summed E-state index contributed by atoms with van der Waals surface area (Å²) in [6, 6.07) is 11.3. The second-order valence-corrected chi connectivity index (χ2v) is 6.38. The van der Waals surface area contributed by atoms with Crippen LogP contribution in [-0.2, 0) is 42.3 Å². The molecule has 2 aromatic rings. The molecule has 0 spiro atoms. The molecule has 0 aliphatic heterocycles. The van der Waals surface area contributed by atoms with Gasteiger partial charge in [-0.3, -0.25) is 30.8 Å². The molecule has 0 fully saturated rings. The van der Waals surface area contributed by atoms with Gasteiger partial charge >= 0.3 is 17.1 Å². The van der Waals surface area contributed by atoms with Crippen molar-refractivity contribution in [1.29, 1.82) is 0 Å². The summed E-state index contributed by atoms with van der Waals surface area (Å²) in [4.78, 5) is 16.3. The molecule has 31 heavy (non-hydrogen) atoms. The maximum absolute atomic E-state index is 4.92.